The van der Waals surface area contributed by atoms with Crippen molar-refractivity contribution in [2.24, 2.45) is 0 Å². The first kappa shape index (κ1) is 13.6. The third-order valence-corrected chi connectivity index (χ3v) is 4.60. The predicted octanol–water partition coefficient (Wildman–Crippen LogP) is 1.74. The molecule has 0 saturated heterocycles. The van der Waals surface area contributed by atoms with Gasteiger partial charge in [-0.2, -0.15) is 5.10 Å². The number of halogens is 1. The number of thiophene rings is 1. The van der Waals surface area contributed by atoms with Crippen LogP contribution in [-0.2, 0) is 19.4 Å². The molecule has 3 rings (SSSR count). The number of nitrogens with one attached hydrogen (secondary N) is 3. The van der Waals surface area contributed by atoms with Gasteiger partial charge in [-0.05, 0) is 18.6 Å². The fourth-order valence-electron chi connectivity index (χ4n) is 2.28. The number of fused-ring (bicyclic) bond motifs is 1. The number of carbonyl (C=O) groups excluding carboxylic acids is 1. The molecule has 1 amide bonds. The quantitative estimate of drug-likeness (QED) is 0.805. The lowest BCUT2D eigenvalue weighted by atomic mass is 10.1. The van der Waals surface area contributed by atoms with Crippen molar-refractivity contribution in [3.63, 3.8) is 0 Å². The predicted molar refractivity (Wildman–Crippen MR) is 79.4 cm³/mol. The van der Waals surface area contributed by atoms with Crippen molar-refractivity contribution >= 4 is 28.8 Å². The van der Waals surface area contributed by atoms with Gasteiger partial charge in [0, 0.05) is 42.2 Å². The highest BCUT2D eigenvalue weighted by Crippen LogP contribution is 2.21. The van der Waals surface area contributed by atoms with Gasteiger partial charge in [0.25, 0.3) is 5.91 Å². The number of hydrogen-bond acceptors (Lipinski definition) is 4. The Hall–Kier alpha value is -1.37. The lowest BCUT2D eigenvalue weighted by Gasteiger charge is -2.12. The molecule has 0 saturated carbocycles. The Kier molecular flexibility index (Phi) is 4.05. The Balaban J connectivity index is 1.58. The van der Waals surface area contributed by atoms with E-state index >= 15 is 0 Å². The molecule has 2 aromatic heterocycles. The number of H-pyrrole nitrogens is 1. The van der Waals surface area contributed by atoms with Crippen LogP contribution in [0.2, 0.25) is 4.34 Å². The fourth-order valence-corrected chi connectivity index (χ4v) is 3.37. The van der Waals surface area contributed by atoms with Crippen LogP contribution in [0.3, 0.4) is 0 Å². The minimum Gasteiger partial charge on any atom is -0.350 e. The molecule has 1 aliphatic rings. The van der Waals surface area contributed by atoms with Gasteiger partial charge in [-0.1, -0.05) is 11.6 Å². The van der Waals surface area contributed by atoms with Crippen LogP contribution < -0.4 is 10.6 Å². The van der Waals surface area contributed by atoms with E-state index in [0.717, 1.165) is 35.0 Å². The standard InChI is InChI=1S/C13H15ClN4OS/c14-11-2-1-8(20-11)3-6-16-13(19)12-9-7-15-5-4-10(9)17-18-12/h1-2,15H,3-7H2,(H,16,19)(H,17,18). The molecule has 3 heterocycles. The Labute approximate surface area is 125 Å². The highest BCUT2D eigenvalue weighted by molar-refractivity contribution is 7.16. The molecule has 0 aliphatic carbocycles. The van der Waals surface area contributed by atoms with Crippen molar-refractivity contribution in [2.75, 3.05) is 13.1 Å². The second kappa shape index (κ2) is 5.95. The highest BCUT2D eigenvalue weighted by Gasteiger charge is 2.21. The summed E-state index contributed by atoms with van der Waals surface area (Å²) >= 11 is 7.41. The van der Waals surface area contributed by atoms with Gasteiger partial charge < -0.3 is 10.6 Å². The summed E-state index contributed by atoms with van der Waals surface area (Å²) in [6.07, 6.45) is 1.68. The summed E-state index contributed by atoms with van der Waals surface area (Å²) in [6, 6.07) is 3.86. The third kappa shape index (κ3) is 2.87. The SMILES string of the molecule is O=C(NCCc1ccc(Cl)s1)c1n[nH]c2c1CNCC2. The largest absolute Gasteiger partial charge is 0.350 e. The molecular formula is C13H15ClN4OS. The van der Waals surface area contributed by atoms with Gasteiger partial charge >= 0.3 is 0 Å². The van der Waals surface area contributed by atoms with Crippen molar-refractivity contribution < 1.29 is 4.79 Å². The summed E-state index contributed by atoms with van der Waals surface area (Å²) in [5.74, 6) is -0.117. The van der Waals surface area contributed by atoms with Crippen molar-refractivity contribution in [3.8, 4) is 0 Å². The number of hydrogen-bond donors (Lipinski definition) is 3. The lowest BCUT2D eigenvalue weighted by Crippen LogP contribution is -2.29. The maximum atomic E-state index is 12.1. The molecule has 1 aliphatic heterocycles. The fraction of sp³-hybridized carbons (Fsp3) is 0.385. The van der Waals surface area contributed by atoms with E-state index in [2.05, 4.69) is 20.8 Å². The monoisotopic (exact) mass is 310 g/mol. The topological polar surface area (TPSA) is 69.8 Å². The summed E-state index contributed by atoms with van der Waals surface area (Å²) in [6.45, 7) is 2.22. The highest BCUT2D eigenvalue weighted by atomic mass is 35.5. The van der Waals surface area contributed by atoms with E-state index in [0.29, 0.717) is 18.8 Å². The van der Waals surface area contributed by atoms with E-state index in [1.54, 1.807) is 11.3 Å². The van der Waals surface area contributed by atoms with Crippen LogP contribution in [0.4, 0.5) is 0 Å². The van der Waals surface area contributed by atoms with Crippen molar-refractivity contribution in [1.29, 1.82) is 0 Å². The average Bonchev–Trinajstić information content (AvgIpc) is 3.05. The van der Waals surface area contributed by atoms with E-state index in [4.69, 9.17) is 11.6 Å². The van der Waals surface area contributed by atoms with Crippen LogP contribution >= 0.6 is 22.9 Å². The zero-order chi connectivity index (χ0) is 13.9. The van der Waals surface area contributed by atoms with E-state index in [1.807, 2.05) is 12.1 Å². The number of aromatic nitrogens is 2. The third-order valence-electron chi connectivity index (χ3n) is 3.31. The minimum atomic E-state index is -0.117. The van der Waals surface area contributed by atoms with Crippen LogP contribution in [0, 0.1) is 0 Å². The molecule has 3 N–H and O–H groups in total. The average molecular weight is 311 g/mol. The minimum absolute atomic E-state index is 0.117. The zero-order valence-electron chi connectivity index (χ0n) is 10.8. The first-order valence-corrected chi connectivity index (χ1v) is 7.73. The van der Waals surface area contributed by atoms with Crippen molar-refractivity contribution in [3.05, 3.63) is 38.3 Å². The maximum Gasteiger partial charge on any atom is 0.272 e. The summed E-state index contributed by atoms with van der Waals surface area (Å²) < 4.78 is 0.777. The molecule has 0 unspecified atom stereocenters. The summed E-state index contributed by atoms with van der Waals surface area (Å²) in [4.78, 5) is 13.3. The van der Waals surface area contributed by atoms with Crippen molar-refractivity contribution in [1.82, 2.24) is 20.8 Å². The van der Waals surface area contributed by atoms with E-state index in [9.17, 15) is 4.79 Å². The first-order chi connectivity index (χ1) is 9.74. The van der Waals surface area contributed by atoms with Gasteiger partial charge in [0.15, 0.2) is 5.69 Å². The molecule has 7 heteroatoms. The number of nitrogens with zero attached hydrogens (tertiary/aromatic N) is 1. The molecular weight excluding hydrogens is 296 g/mol. The van der Waals surface area contributed by atoms with Gasteiger partial charge in [-0.25, -0.2) is 0 Å². The van der Waals surface area contributed by atoms with Crippen LogP contribution in [0.1, 0.15) is 26.6 Å². The Bertz CT molecular complexity index is 622. The van der Waals surface area contributed by atoms with Gasteiger partial charge in [0.1, 0.15) is 0 Å². The molecule has 106 valence electrons. The van der Waals surface area contributed by atoms with Crippen LogP contribution in [0.25, 0.3) is 0 Å². The molecule has 0 spiro atoms. The van der Waals surface area contributed by atoms with Crippen LogP contribution in [-0.4, -0.2) is 29.2 Å². The van der Waals surface area contributed by atoms with Gasteiger partial charge in [0.05, 0.1) is 4.34 Å². The molecule has 0 radical (unpaired) electrons. The van der Waals surface area contributed by atoms with Crippen molar-refractivity contribution in [2.45, 2.75) is 19.4 Å². The van der Waals surface area contributed by atoms with Crippen LogP contribution in [0.5, 0.6) is 0 Å². The van der Waals surface area contributed by atoms with Crippen LogP contribution in [0.15, 0.2) is 12.1 Å². The lowest BCUT2D eigenvalue weighted by molar-refractivity contribution is 0.0948. The number of aromatic amines is 1. The Morgan fingerprint density at radius 1 is 1.50 bits per heavy atom. The Morgan fingerprint density at radius 3 is 3.20 bits per heavy atom. The first-order valence-electron chi connectivity index (χ1n) is 6.53. The number of rotatable bonds is 4. The molecule has 0 aromatic carbocycles. The summed E-state index contributed by atoms with van der Waals surface area (Å²) in [5, 5.41) is 13.2. The van der Waals surface area contributed by atoms with E-state index < -0.39 is 0 Å². The molecule has 0 bridgehead atoms. The molecule has 0 fully saturated rings. The van der Waals surface area contributed by atoms with Gasteiger partial charge in [-0.3, -0.25) is 9.89 Å². The molecule has 2 aromatic rings. The van der Waals surface area contributed by atoms with Gasteiger partial charge in [-0.15, -0.1) is 11.3 Å². The summed E-state index contributed by atoms with van der Waals surface area (Å²) in [5.41, 5.74) is 2.57. The van der Waals surface area contributed by atoms with Gasteiger partial charge in [0.2, 0.25) is 0 Å². The summed E-state index contributed by atoms with van der Waals surface area (Å²) in [7, 11) is 0. The van der Waals surface area contributed by atoms with E-state index in [-0.39, 0.29) is 5.91 Å². The smallest absolute Gasteiger partial charge is 0.272 e. The maximum absolute atomic E-state index is 12.1. The normalized spacial score (nSPS) is 14.1. The number of amides is 1. The second-order valence-electron chi connectivity index (χ2n) is 4.67. The molecule has 5 nitrogen and oxygen atoms in total. The molecule has 0 atom stereocenters. The molecule has 20 heavy (non-hydrogen) atoms. The number of carbonyl (C=O) groups is 1. The zero-order valence-corrected chi connectivity index (χ0v) is 12.4. The van der Waals surface area contributed by atoms with E-state index in [1.165, 1.54) is 4.88 Å². The second-order valence-corrected chi connectivity index (χ2v) is 6.47. The Morgan fingerprint density at radius 2 is 2.40 bits per heavy atom.